The van der Waals surface area contributed by atoms with E-state index in [1.165, 1.54) is 11.7 Å². The van der Waals surface area contributed by atoms with Crippen molar-refractivity contribution >= 4 is 17.0 Å². The van der Waals surface area contributed by atoms with Crippen LogP contribution in [0.3, 0.4) is 0 Å². The van der Waals surface area contributed by atoms with E-state index in [1.54, 1.807) is 6.20 Å². The Bertz CT molecular complexity index is 516. The summed E-state index contributed by atoms with van der Waals surface area (Å²) in [5.41, 5.74) is 0.790. The van der Waals surface area contributed by atoms with Crippen LogP contribution >= 0.6 is 0 Å². The molecule has 0 aliphatic rings. The minimum absolute atomic E-state index is 0.399. The van der Waals surface area contributed by atoms with Gasteiger partial charge in [-0.05, 0) is 25.1 Å². The zero-order valence-corrected chi connectivity index (χ0v) is 9.27. The summed E-state index contributed by atoms with van der Waals surface area (Å²) in [7, 11) is 1.36. The fourth-order valence-corrected chi connectivity index (χ4v) is 1.62. The van der Waals surface area contributed by atoms with Gasteiger partial charge in [0.1, 0.15) is 5.75 Å². The fraction of sp³-hybridized carbons (Fsp3) is 0.250. The lowest BCUT2D eigenvalue weighted by atomic mass is 10.2. The Balaban J connectivity index is 2.51. The molecule has 2 rings (SSSR count). The lowest BCUT2D eigenvalue weighted by Gasteiger charge is -2.05. The van der Waals surface area contributed by atoms with Crippen molar-refractivity contribution in [2.75, 3.05) is 13.7 Å². The number of carbonyl (C=O) groups is 1. The van der Waals surface area contributed by atoms with Gasteiger partial charge in [0.25, 0.3) is 0 Å². The third kappa shape index (κ3) is 1.74. The molecular weight excluding hydrogens is 206 g/mol. The number of ether oxygens (including phenoxy) is 2. The maximum Gasteiger partial charge on any atom is 0.418 e. The summed E-state index contributed by atoms with van der Waals surface area (Å²) >= 11 is 0. The highest BCUT2D eigenvalue weighted by Crippen LogP contribution is 2.22. The predicted molar refractivity (Wildman–Crippen MR) is 60.9 cm³/mol. The monoisotopic (exact) mass is 219 g/mol. The van der Waals surface area contributed by atoms with Gasteiger partial charge in [-0.2, -0.15) is 0 Å². The molecule has 4 nitrogen and oxygen atoms in total. The predicted octanol–water partition coefficient (Wildman–Crippen LogP) is 2.65. The highest BCUT2D eigenvalue weighted by Gasteiger charge is 2.09. The molecule has 1 aromatic heterocycles. The van der Waals surface area contributed by atoms with Crippen LogP contribution in [0.4, 0.5) is 4.79 Å². The van der Waals surface area contributed by atoms with Crippen molar-refractivity contribution < 1.29 is 14.3 Å². The van der Waals surface area contributed by atoms with Gasteiger partial charge in [0.2, 0.25) is 0 Å². The standard InChI is InChI=1S/C12H13NO3/c1-3-16-10-5-4-9-6-7-13(11(9)8-10)12(14)15-2/h4-8H,3H2,1-2H3. The van der Waals surface area contributed by atoms with E-state index in [2.05, 4.69) is 4.74 Å². The van der Waals surface area contributed by atoms with Crippen molar-refractivity contribution in [2.24, 2.45) is 0 Å². The molecule has 0 atom stereocenters. The average molecular weight is 219 g/mol. The van der Waals surface area contributed by atoms with Crippen LogP contribution < -0.4 is 4.74 Å². The van der Waals surface area contributed by atoms with Crippen LogP contribution in [0.2, 0.25) is 0 Å². The molecule has 84 valence electrons. The number of hydrogen-bond acceptors (Lipinski definition) is 3. The van der Waals surface area contributed by atoms with Gasteiger partial charge < -0.3 is 9.47 Å². The molecular formula is C12H13NO3. The first kappa shape index (κ1) is 10.5. The molecule has 0 bridgehead atoms. The Morgan fingerprint density at radius 2 is 2.19 bits per heavy atom. The Morgan fingerprint density at radius 1 is 1.38 bits per heavy atom. The Labute approximate surface area is 93.4 Å². The van der Waals surface area contributed by atoms with E-state index in [0.29, 0.717) is 6.61 Å². The van der Waals surface area contributed by atoms with Crippen LogP contribution in [0.15, 0.2) is 30.5 Å². The first-order chi connectivity index (χ1) is 7.76. The van der Waals surface area contributed by atoms with E-state index in [9.17, 15) is 4.79 Å². The zero-order valence-electron chi connectivity index (χ0n) is 9.27. The van der Waals surface area contributed by atoms with Crippen LogP contribution in [0.5, 0.6) is 5.75 Å². The zero-order chi connectivity index (χ0) is 11.5. The molecule has 0 spiro atoms. The number of methoxy groups -OCH3 is 1. The summed E-state index contributed by atoms with van der Waals surface area (Å²) in [5, 5.41) is 0.980. The number of benzene rings is 1. The quantitative estimate of drug-likeness (QED) is 0.779. The molecule has 16 heavy (non-hydrogen) atoms. The number of hydrogen-bond donors (Lipinski definition) is 0. The lowest BCUT2D eigenvalue weighted by Crippen LogP contribution is -2.09. The van der Waals surface area contributed by atoms with Gasteiger partial charge >= 0.3 is 6.09 Å². The molecule has 0 aliphatic carbocycles. The highest BCUT2D eigenvalue weighted by atomic mass is 16.5. The van der Waals surface area contributed by atoms with Gasteiger partial charge in [0.15, 0.2) is 0 Å². The van der Waals surface area contributed by atoms with Gasteiger partial charge in [-0.25, -0.2) is 4.79 Å². The molecule has 0 aliphatic heterocycles. The van der Waals surface area contributed by atoms with Crippen molar-refractivity contribution in [3.8, 4) is 5.75 Å². The summed E-state index contributed by atoms with van der Waals surface area (Å²) in [6.45, 7) is 2.52. The van der Waals surface area contributed by atoms with Gasteiger partial charge in [-0.15, -0.1) is 0 Å². The average Bonchev–Trinajstić information content (AvgIpc) is 2.71. The van der Waals surface area contributed by atoms with E-state index in [1.807, 2.05) is 31.2 Å². The SMILES string of the molecule is CCOc1ccc2ccn(C(=O)OC)c2c1. The van der Waals surface area contributed by atoms with Crippen molar-refractivity contribution in [3.63, 3.8) is 0 Å². The molecule has 0 saturated heterocycles. The summed E-state index contributed by atoms with van der Waals surface area (Å²) < 4.78 is 11.5. The summed E-state index contributed by atoms with van der Waals surface area (Å²) in [6, 6.07) is 7.49. The Hall–Kier alpha value is -1.97. The van der Waals surface area contributed by atoms with Gasteiger partial charge in [0.05, 0.1) is 19.2 Å². The second kappa shape index (κ2) is 4.26. The molecule has 1 aromatic carbocycles. The van der Waals surface area contributed by atoms with Gasteiger partial charge in [-0.1, -0.05) is 0 Å². The summed E-state index contributed by atoms with van der Waals surface area (Å²) in [5.74, 6) is 0.749. The molecule has 0 unspecified atom stereocenters. The second-order valence-corrected chi connectivity index (χ2v) is 3.31. The molecule has 2 aromatic rings. The maximum atomic E-state index is 11.5. The minimum atomic E-state index is -0.399. The summed E-state index contributed by atoms with van der Waals surface area (Å²) in [6.07, 6.45) is 1.29. The molecule has 4 heteroatoms. The number of rotatable bonds is 2. The van der Waals surface area contributed by atoms with E-state index >= 15 is 0 Å². The first-order valence-corrected chi connectivity index (χ1v) is 5.08. The number of aromatic nitrogens is 1. The smallest absolute Gasteiger partial charge is 0.418 e. The van der Waals surface area contributed by atoms with Crippen LogP contribution in [0, 0.1) is 0 Å². The summed E-state index contributed by atoms with van der Waals surface area (Å²) in [4.78, 5) is 11.5. The largest absolute Gasteiger partial charge is 0.494 e. The van der Waals surface area contributed by atoms with Gasteiger partial charge in [0, 0.05) is 17.6 Å². The first-order valence-electron chi connectivity index (χ1n) is 5.08. The number of nitrogens with zero attached hydrogens (tertiary/aromatic N) is 1. The van der Waals surface area contributed by atoms with Crippen molar-refractivity contribution in [1.82, 2.24) is 4.57 Å². The lowest BCUT2D eigenvalue weighted by molar-refractivity contribution is 0.174. The highest BCUT2D eigenvalue weighted by molar-refractivity contribution is 5.90. The Kier molecular flexibility index (Phi) is 2.81. The number of carbonyl (C=O) groups excluding carboxylic acids is 1. The topological polar surface area (TPSA) is 40.5 Å². The number of fused-ring (bicyclic) bond motifs is 1. The van der Waals surface area contributed by atoms with Crippen LogP contribution in [-0.2, 0) is 4.74 Å². The molecule has 0 fully saturated rings. The Morgan fingerprint density at radius 3 is 2.88 bits per heavy atom. The van der Waals surface area contributed by atoms with Crippen LogP contribution in [-0.4, -0.2) is 24.4 Å². The van der Waals surface area contributed by atoms with Crippen molar-refractivity contribution in [1.29, 1.82) is 0 Å². The van der Waals surface area contributed by atoms with Crippen molar-refractivity contribution in [3.05, 3.63) is 30.5 Å². The molecule has 0 radical (unpaired) electrons. The van der Waals surface area contributed by atoms with E-state index in [-0.39, 0.29) is 0 Å². The third-order valence-corrected chi connectivity index (χ3v) is 2.35. The normalized spacial score (nSPS) is 10.4. The van der Waals surface area contributed by atoms with Crippen LogP contribution in [0.1, 0.15) is 6.92 Å². The molecule has 0 amide bonds. The molecule has 1 heterocycles. The van der Waals surface area contributed by atoms with E-state index < -0.39 is 6.09 Å². The van der Waals surface area contributed by atoms with E-state index in [4.69, 9.17) is 4.74 Å². The van der Waals surface area contributed by atoms with Crippen LogP contribution in [0.25, 0.3) is 10.9 Å². The maximum absolute atomic E-state index is 11.5. The minimum Gasteiger partial charge on any atom is -0.494 e. The molecule has 0 saturated carbocycles. The second-order valence-electron chi connectivity index (χ2n) is 3.31. The van der Waals surface area contributed by atoms with E-state index in [0.717, 1.165) is 16.7 Å². The third-order valence-electron chi connectivity index (χ3n) is 2.35. The van der Waals surface area contributed by atoms with Gasteiger partial charge in [-0.3, -0.25) is 4.57 Å². The van der Waals surface area contributed by atoms with Crippen molar-refractivity contribution in [2.45, 2.75) is 6.92 Å². The fourth-order valence-electron chi connectivity index (χ4n) is 1.62. The molecule has 0 N–H and O–H groups in total.